The molecule has 1 aliphatic rings. The lowest BCUT2D eigenvalue weighted by molar-refractivity contribution is -0.307. The number of nitrogens with zero attached hydrogens (tertiary/aromatic N) is 1. The number of carbonyl (C=O) groups excluding carboxylic acids is 1. The Bertz CT molecular complexity index is 1010. The van der Waals surface area contributed by atoms with E-state index < -0.39 is 66.6 Å². The van der Waals surface area contributed by atoms with Crippen LogP contribution in [0.1, 0.15) is 22.0 Å². The van der Waals surface area contributed by atoms with Gasteiger partial charge in [0.15, 0.2) is 29.6 Å². The fourth-order valence-corrected chi connectivity index (χ4v) is 3.10. The molecular formula is C21H21NO11. The van der Waals surface area contributed by atoms with Crippen LogP contribution in [0.2, 0.25) is 0 Å². The van der Waals surface area contributed by atoms with E-state index in [9.17, 15) is 45.8 Å². The predicted molar refractivity (Wildman–Crippen MR) is 106 cm³/mol. The summed E-state index contributed by atoms with van der Waals surface area (Å²) in [6.45, 7) is -0.636. The van der Waals surface area contributed by atoms with Crippen LogP contribution in [0.4, 0.5) is 0 Å². The molecule has 0 saturated carbocycles. The van der Waals surface area contributed by atoms with Gasteiger partial charge in [0, 0.05) is 0 Å². The van der Waals surface area contributed by atoms with Crippen molar-refractivity contribution in [1.82, 2.24) is 0 Å². The second-order valence-electron chi connectivity index (χ2n) is 7.21. The van der Waals surface area contributed by atoms with Crippen LogP contribution >= 0.6 is 0 Å². The number of aromatic hydroxyl groups is 4. The summed E-state index contributed by atoms with van der Waals surface area (Å²) in [5.41, 5.74) is -0.00000712. The molecule has 0 bridgehead atoms. The lowest BCUT2D eigenvalue weighted by atomic mass is 9.99. The molecule has 1 saturated heterocycles. The Kier molecular flexibility index (Phi) is 7.22. The molecule has 7 N–H and O–H groups in total. The smallest absolute Gasteiger partial charge is 0.338 e. The summed E-state index contributed by atoms with van der Waals surface area (Å²) < 4.78 is 15.8. The first-order valence-corrected chi connectivity index (χ1v) is 9.58. The lowest BCUT2D eigenvalue weighted by Crippen LogP contribution is -2.59. The van der Waals surface area contributed by atoms with Gasteiger partial charge in [-0.1, -0.05) is 12.1 Å². The Balaban J connectivity index is 1.69. The van der Waals surface area contributed by atoms with Gasteiger partial charge in [-0.3, -0.25) is 0 Å². The quantitative estimate of drug-likeness (QED) is 0.218. The first-order chi connectivity index (χ1) is 15.6. The molecule has 12 heteroatoms. The molecule has 2 aromatic rings. The number of esters is 1. The first-order valence-electron chi connectivity index (χ1n) is 9.58. The second kappa shape index (κ2) is 9.90. The molecule has 1 aliphatic heterocycles. The molecule has 33 heavy (non-hydrogen) atoms. The summed E-state index contributed by atoms with van der Waals surface area (Å²) in [5, 5.41) is 77.7. The normalized spacial score (nSPS) is 25.7. The van der Waals surface area contributed by atoms with Crippen LogP contribution in [0.15, 0.2) is 36.4 Å². The van der Waals surface area contributed by atoms with Crippen molar-refractivity contribution in [3.05, 3.63) is 47.5 Å². The Morgan fingerprint density at radius 2 is 1.61 bits per heavy atom. The van der Waals surface area contributed by atoms with E-state index in [0.717, 1.165) is 12.1 Å². The summed E-state index contributed by atoms with van der Waals surface area (Å²) in [6, 6.07) is 8.98. The van der Waals surface area contributed by atoms with E-state index in [-0.39, 0.29) is 11.3 Å². The van der Waals surface area contributed by atoms with Crippen molar-refractivity contribution in [1.29, 1.82) is 5.26 Å². The van der Waals surface area contributed by atoms with Gasteiger partial charge in [0.1, 0.15) is 36.8 Å². The molecule has 6 atom stereocenters. The average molecular weight is 463 g/mol. The number of nitriles is 1. The SMILES string of the molecule is N#C[C@H](O[C@@H]1O[C@H](COC(=O)c2cc(O)c(O)c(O)c2)[C@@H](O)[C@H](O)[C@H]1O)c1ccc(O)cc1. The van der Waals surface area contributed by atoms with Crippen LogP contribution in [0, 0.1) is 11.3 Å². The summed E-state index contributed by atoms with van der Waals surface area (Å²) in [4.78, 5) is 12.2. The van der Waals surface area contributed by atoms with Crippen LogP contribution in [0.25, 0.3) is 0 Å². The number of rotatable bonds is 6. The average Bonchev–Trinajstić information content (AvgIpc) is 2.80. The van der Waals surface area contributed by atoms with Crippen molar-refractivity contribution < 1.29 is 54.8 Å². The highest BCUT2D eigenvalue weighted by Gasteiger charge is 2.45. The van der Waals surface area contributed by atoms with Crippen molar-refractivity contribution in [2.24, 2.45) is 0 Å². The molecule has 0 aromatic heterocycles. The van der Waals surface area contributed by atoms with E-state index in [1.165, 1.54) is 24.3 Å². The fourth-order valence-electron chi connectivity index (χ4n) is 3.10. The summed E-state index contributed by atoms with van der Waals surface area (Å²) >= 11 is 0. The molecule has 0 radical (unpaired) electrons. The number of phenolic OH excluding ortho intramolecular Hbond substituents is 4. The molecular weight excluding hydrogens is 442 g/mol. The van der Waals surface area contributed by atoms with Gasteiger partial charge in [-0.05, 0) is 29.8 Å². The van der Waals surface area contributed by atoms with E-state index in [2.05, 4.69) is 0 Å². The zero-order valence-corrected chi connectivity index (χ0v) is 16.8. The second-order valence-corrected chi connectivity index (χ2v) is 7.21. The first kappa shape index (κ1) is 24.1. The van der Waals surface area contributed by atoms with E-state index in [1.807, 2.05) is 6.07 Å². The largest absolute Gasteiger partial charge is 0.508 e. The number of phenols is 4. The monoisotopic (exact) mass is 463 g/mol. The van der Waals surface area contributed by atoms with Crippen molar-refractivity contribution in [2.75, 3.05) is 6.61 Å². The number of benzene rings is 2. The molecule has 0 spiro atoms. The zero-order chi connectivity index (χ0) is 24.3. The minimum Gasteiger partial charge on any atom is -0.508 e. The summed E-state index contributed by atoms with van der Waals surface area (Å²) in [5.74, 6) is -3.46. The Labute approximate surface area is 186 Å². The van der Waals surface area contributed by atoms with Gasteiger partial charge in [0.25, 0.3) is 0 Å². The highest BCUT2D eigenvalue weighted by atomic mass is 16.7. The third kappa shape index (κ3) is 5.25. The Morgan fingerprint density at radius 1 is 1.00 bits per heavy atom. The van der Waals surface area contributed by atoms with Gasteiger partial charge in [0.2, 0.25) is 0 Å². The van der Waals surface area contributed by atoms with Crippen LogP contribution in [-0.4, -0.2) is 79.0 Å². The number of hydrogen-bond donors (Lipinski definition) is 7. The highest BCUT2D eigenvalue weighted by molar-refractivity contribution is 5.91. The third-order valence-electron chi connectivity index (χ3n) is 4.94. The number of carbonyl (C=O) groups is 1. The molecule has 3 rings (SSSR count). The molecule has 176 valence electrons. The minimum absolute atomic E-state index is 0.0416. The van der Waals surface area contributed by atoms with E-state index in [4.69, 9.17) is 14.2 Å². The maximum Gasteiger partial charge on any atom is 0.338 e. The lowest BCUT2D eigenvalue weighted by Gasteiger charge is -2.40. The summed E-state index contributed by atoms with van der Waals surface area (Å²) in [7, 11) is 0. The molecule has 0 amide bonds. The van der Waals surface area contributed by atoms with Crippen LogP contribution in [-0.2, 0) is 14.2 Å². The van der Waals surface area contributed by atoms with Gasteiger partial charge in [-0.2, -0.15) is 5.26 Å². The molecule has 12 nitrogen and oxygen atoms in total. The fraction of sp³-hybridized carbons (Fsp3) is 0.333. The zero-order valence-electron chi connectivity index (χ0n) is 16.8. The van der Waals surface area contributed by atoms with Crippen LogP contribution < -0.4 is 0 Å². The van der Waals surface area contributed by atoms with E-state index in [1.54, 1.807) is 0 Å². The Morgan fingerprint density at radius 3 is 2.18 bits per heavy atom. The van der Waals surface area contributed by atoms with Gasteiger partial charge in [0.05, 0.1) is 11.6 Å². The number of hydrogen-bond acceptors (Lipinski definition) is 12. The van der Waals surface area contributed by atoms with Crippen LogP contribution in [0.5, 0.6) is 23.0 Å². The standard InChI is InChI=1S/C21H21NO11/c22-7-14(9-1-3-11(23)4-2-9)32-21-19(29)18(28)17(27)15(33-21)8-31-20(30)10-5-12(24)16(26)13(25)6-10/h1-6,14-15,17-19,21,23-29H,8H2/t14-,15+,17+,18-,19+,21+/m0/s1. The topological polar surface area (TPSA) is 210 Å². The maximum absolute atomic E-state index is 12.2. The maximum atomic E-state index is 12.2. The van der Waals surface area contributed by atoms with E-state index in [0.29, 0.717) is 5.56 Å². The molecule has 0 aliphatic carbocycles. The van der Waals surface area contributed by atoms with Gasteiger partial charge < -0.3 is 50.0 Å². The van der Waals surface area contributed by atoms with Crippen molar-refractivity contribution in [3.8, 4) is 29.1 Å². The predicted octanol–water partition coefficient (Wildman–Crippen LogP) is -0.245. The van der Waals surface area contributed by atoms with E-state index >= 15 is 0 Å². The number of aliphatic hydroxyl groups excluding tert-OH is 3. The number of ether oxygens (including phenoxy) is 3. The molecule has 1 fully saturated rings. The van der Waals surface area contributed by atoms with Gasteiger partial charge in [-0.25, -0.2) is 4.79 Å². The van der Waals surface area contributed by atoms with Gasteiger partial charge in [-0.15, -0.1) is 0 Å². The minimum atomic E-state index is -1.77. The number of aliphatic hydroxyl groups is 3. The van der Waals surface area contributed by atoms with Gasteiger partial charge >= 0.3 is 5.97 Å². The van der Waals surface area contributed by atoms with Crippen molar-refractivity contribution in [2.45, 2.75) is 36.8 Å². The highest BCUT2D eigenvalue weighted by Crippen LogP contribution is 2.35. The van der Waals surface area contributed by atoms with Crippen LogP contribution in [0.3, 0.4) is 0 Å². The summed E-state index contributed by atoms with van der Waals surface area (Å²) in [6.07, 6.45) is -9.44. The molecule has 0 unspecified atom stereocenters. The Hall–Kier alpha value is -3.60. The molecule has 1 heterocycles. The van der Waals surface area contributed by atoms with Crippen molar-refractivity contribution in [3.63, 3.8) is 0 Å². The molecule has 2 aromatic carbocycles. The third-order valence-corrected chi connectivity index (χ3v) is 4.94. The van der Waals surface area contributed by atoms with Crippen molar-refractivity contribution >= 4 is 5.97 Å².